The second kappa shape index (κ2) is 12.1. The third kappa shape index (κ3) is 5.09. The van der Waals surface area contributed by atoms with Crippen LogP contribution in [0.25, 0.3) is 0 Å². The number of benzene rings is 1. The summed E-state index contributed by atoms with van der Waals surface area (Å²) in [6, 6.07) is 5.88. The number of rotatable bonds is 8. The Morgan fingerprint density at radius 2 is 1.96 bits per heavy atom. The highest BCUT2D eigenvalue weighted by Gasteiger charge is 2.89. The molecule has 14 heteroatoms. The van der Waals surface area contributed by atoms with Crippen LogP contribution >= 0.6 is 11.6 Å². The van der Waals surface area contributed by atoms with E-state index in [0.717, 1.165) is 24.1 Å². The maximum absolute atomic E-state index is 13.5. The van der Waals surface area contributed by atoms with Crippen molar-refractivity contribution in [1.82, 2.24) is 15.0 Å². The van der Waals surface area contributed by atoms with Gasteiger partial charge in [0.25, 0.3) is 0 Å². The van der Waals surface area contributed by atoms with Gasteiger partial charge in [-0.3, -0.25) is 14.4 Å². The van der Waals surface area contributed by atoms with Crippen LogP contribution in [0, 0.1) is 39.3 Å². The summed E-state index contributed by atoms with van der Waals surface area (Å²) in [6.45, 7) is 12.0. The normalized spacial score (nSPS) is 36.9. The number of halogens is 2. The van der Waals surface area contributed by atoms with Crippen molar-refractivity contribution in [3.05, 3.63) is 77.2 Å². The number of aromatic nitrogens is 3. The molecule has 0 unspecified atom stereocenters. The average molecular weight is 748 g/mol. The Kier molecular flexibility index (Phi) is 8.12. The predicted octanol–water partition coefficient (Wildman–Crippen LogP) is 6.66. The molecule has 1 spiro atoms. The Labute approximate surface area is 311 Å². The fourth-order valence-electron chi connectivity index (χ4n) is 11.3. The molecule has 5 aliphatic rings. The Morgan fingerprint density at radius 3 is 2.68 bits per heavy atom. The number of nitrogens with one attached hydrogen (secondary N) is 1. The highest BCUT2D eigenvalue weighted by Crippen LogP contribution is 2.81. The number of epoxide rings is 1. The van der Waals surface area contributed by atoms with Crippen molar-refractivity contribution >= 4 is 40.7 Å². The molecule has 9 atom stereocenters. The van der Waals surface area contributed by atoms with Gasteiger partial charge in [-0.1, -0.05) is 62.7 Å². The number of oxime groups is 1. The van der Waals surface area contributed by atoms with E-state index >= 15 is 0 Å². The summed E-state index contributed by atoms with van der Waals surface area (Å²) in [6.07, 6.45) is 10.1. The van der Waals surface area contributed by atoms with Gasteiger partial charge in [0.2, 0.25) is 5.91 Å². The lowest BCUT2D eigenvalue weighted by Crippen LogP contribution is -2.70. The summed E-state index contributed by atoms with van der Waals surface area (Å²) in [5.74, 6) is -1.44. The van der Waals surface area contributed by atoms with Crippen LogP contribution < -0.4 is 5.32 Å². The summed E-state index contributed by atoms with van der Waals surface area (Å²) in [5.41, 5.74) is -0.316. The molecule has 1 aromatic carbocycles. The Hall–Kier alpha value is -4.36. The lowest BCUT2D eigenvalue weighted by molar-refractivity contribution is -0.231. The number of carbonyl (C=O) groups excluding carboxylic acids is 3. The SMILES string of the molecule is CC(=O)O[C@@H]1C[C@H]2C(C)(C)C(=O)C=C[C@]2(C)[C@H]2CC[C@@]3(C)[C@H](c4ccoc4)/C(=N\OCc4cn(CC(=O)Nc5ccc(F)c(Cl)c5)nn4)[C@H]4O[C@]43[C@@]21C. The zero-order valence-corrected chi connectivity index (χ0v) is 31.3. The van der Waals surface area contributed by atoms with E-state index in [-0.39, 0.29) is 53.1 Å². The molecule has 4 fully saturated rings. The number of furan rings is 1. The monoisotopic (exact) mass is 747 g/mol. The van der Waals surface area contributed by atoms with Crippen molar-refractivity contribution in [3.8, 4) is 0 Å². The van der Waals surface area contributed by atoms with E-state index in [4.69, 9.17) is 35.5 Å². The molecule has 53 heavy (non-hydrogen) atoms. The third-order valence-corrected chi connectivity index (χ3v) is 13.8. The summed E-state index contributed by atoms with van der Waals surface area (Å²) in [5, 5.41) is 15.5. The van der Waals surface area contributed by atoms with Crippen molar-refractivity contribution in [1.29, 1.82) is 0 Å². The van der Waals surface area contributed by atoms with E-state index in [2.05, 4.69) is 42.5 Å². The first-order valence-corrected chi connectivity index (χ1v) is 18.4. The first kappa shape index (κ1) is 35.7. The van der Waals surface area contributed by atoms with Gasteiger partial charge in [0, 0.05) is 34.8 Å². The predicted molar refractivity (Wildman–Crippen MR) is 190 cm³/mol. The van der Waals surface area contributed by atoms with E-state index in [1.807, 2.05) is 19.9 Å². The number of ketones is 1. The minimum atomic E-state index is -0.744. The number of carbonyl (C=O) groups is 3. The van der Waals surface area contributed by atoms with Crippen molar-refractivity contribution < 1.29 is 37.5 Å². The topological polar surface area (TPSA) is 150 Å². The highest BCUT2D eigenvalue weighted by atomic mass is 35.5. The van der Waals surface area contributed by atoms with Gasteiger partial charge in [0.05, 0.1) is 29.5 Å². The van der Waals surface area contributed by atoms with Crippen molar-refractivity contribution in [3.63, 3.8) is 0 Å². The number of hydrogen-bond acceptors (Lipinski definition) is 10. The maximum Gasteiger partial charge on any atom is 0.302 e. The largest absolute Gasteiger partial charge is 0.472 e. The average Bonchev–Trinajstić information content (AvgIpc) is 3.33. The lowest BCUT2D eigenvalue weighted by Gasteiger charge is -2.67. The lowest BCUT2D eigenvalue weighted by atomic mass is 9.36. The molecule has 4 aliphatic carbocycles. The second-order valence-corrected chi connectivity index (χ2v) is 17.0. The number of nitrogens with zero attached hydrogens (tertiary/aromatic N) is 4. The summed E-state index contributed by atoms with van der Waals surface area (Å²) in [7, 11) is 0. The minimum absolute atomic E-state index is 0.0170. The van der Waals surface area contributed by atoms with Gasteiger partial charge in [0.1, 0.15) is 35.9 Å². The number of fused-ring (bicyclic) bond motifs is 3. The summed E-state index contributed by atoms with van der Waals surface area (Å²) in [4.78, 5) is 44.6. The van der Waals surface area contributed by atoms with Crippen LogP contribution in [-0.2, 0) is 41.8 Å². The van der Waals surface area contributed by atoms with Crippen LogP contribution in [0.1, 0.15) is 78.0 Å². The summed E-state index contributed by atoms with van der Waals surface area (Å²) >= 11 is 5.83. The molecule has 3 aromatic rings. The highest BCUT2D eigenvalue weighted by molar-refractivity contribution is 6.31. The number of anilines is 1. The number of amides is 1. The minimum Gasteiger partial charge on any atom is -0.472 e. The molecule has 1 N–H and O–H groups in total. The molecule has 280 valence electrons. The summed E-state index contributed by atoms with van der Waals surface area (Å²) < 4.78 is 33.7. The van der Waals surface area contributed by atoms with Crippen molar-refractivity contribution in [2.24, 2.45) is 38.7 Å². The van der Waals surface area contributed by atoms with Crippen molar-refractivity contribution in [2.45, 2.75) is 97.7 Å². The van der Waals surface area contributed by atoms with Crippen LogP contribution in [-0.4, -0.2) is 56.2 Å². The first-order chi connectivity index (χ1) is 25.1. The van der Waals surface area contributed by atoms with E-state index < -0.39 is 45.8 Å². The molecule has 2 aromatic heterocycles. The van der Waals surface area contributed by atoms with E-state index in [0.29, 0.717) is 17.8 Å². The molecule has 1 aliphatic heterocycles. The molecule has 1 amide bonds. The Bertz CT molecular complexity index is 2060. The molecular formula is C39H43ClFN5O7. The Balaban J connectivity index is 1.08. The fourth-order valence-corrected chi connectivity index (χ4v) is 11.4. The van der Waals surface area contributed by atoms with Gasteiger partial charge < -0.3 is 24.0 Å². The molecule has 3 saturated carbocycles. The maximum atomic E-state index is 13.5. The standard InChI is InChI=1S/C39H43ClFN5O7/c1-21(47)52-30-16-28-35(2,3)29(48)10-12-36(28,4)27-9-13-37(5)32(22-11-14-50-19-22)33(34-39(37,53-34)38(27,30)6)44-51-20-24-17-46(45-43-24)18-31(49)42-23-7-8-26(41)25(40)15-23/h7-8,10-12,14-15,17,19,27-28,30,32,34H,9,13,16,18,20H2,1-6H3,(H,42,49)/b44-33+/t27-,28+,30-,32-,34-,36-,37+,38+,39-/m1/s1. The van der Waals surface area contributed by atoms with Gasteiger partial charge >= 0.3 is 5.97 Å². The van der Waals surface area contributed by atoms with Gasteiger partial charge in [-0.25, -0.2) is 9.07 Å². The molecule has 0 bridgehead atoms. The van der Waals surface area contributed by atoms with Gasteiger partial charge in [-0.05, 0) is 72.4 Å². The zero-order valence-electron chi connectivity index (χ0n) is 30.5. The molecule has 12 nitrogen and oxygen atoms in total. The third-order valence-electron chi connectivity index (χ3n) is 13.5. The van der Waals surface area contributed by atoms with Crippen LogP contribution in [0.4, 0.5) is 10.1 Å². The number of esters is 1. The van der Waals surface area contributed by atoms with E-state index in [1.54, 1.807) is 24.8 Å². The van der Waals surface area contributed by atoms with E-state index in [1.165, 1.54) is 29.8 Å². The molecular weight excluding hydrogens is 705 g/mol. The van der Waals surface area contributed by atoms with Crippen LogP contribution in [0.5, 0.6) is 0 Å². The van der Waals surface area contributed by atoms with Gasteiger partial charge in [-0.2, -0.15) is 0 Å². The van der Waals surface area contributed by atoms with Gasteiger partial charge in [0.15, 0.2) is 12.4 Å². The van der Waals surface area contributed by atoms with Crippen LogP contribution in [0.3, 0.4) is 0 Å². The number of hydrogen-bond donors (Lipinski definition) is 1. The van der Waals surface area contributed by atoms with Crippen molar-refractivity contribution in [2.75, 3.05) is 5.32 Å². The fraction of sp³-hybridized carbons (Fsp3) is 0.538. The molecule has 0 radical (unpaired) electrons. The first-order valence-electron chi connectivity index (χ1n) is 18.0. The van der Waals surface area contributed by atoms with Crippen LogP contribution in [0.2, 0.25) is 5.02 Å². The molecule has 1 saturated heterocycles. The zero-order chi connectivity index (χ0) is 37.7. The second-order valence-electron chi connectivity index (χ2n) is 16.6. The van der Waals surface area contributed by atoms with Gasteiger partial charge in [-0.15, -0.1) is 5.10 Å². The smallest absolute Gasteiger partial charge is 0.302 e. The number of allylic oxidation sites excluding steroid dienone is 2. The Morgan fingerprint density at radius 1 is 1.17 bits per heavy atom. The molecule has 3 heterocycles. The van der Waals surface area contributed by atoms with Crippen LogP contribution in [0.15, 0.2) is 64.7 Å². The van der Waals surface area contributed by atoms with E-state index in [9.17, 15) is 18.8 Å². The quantitative estimate of drug-likeness (QED) is 0.152. The molecule has 8 rings (SSSR count). The number of ether oxygens (including phenoxy) is 2.